The molecule has 0 spiro atoms. The molecular formula is C13H23NO4. The summed E-state index contributed by atoms with van der Waals surface area (Å²) in [6, 6.07) is 0. The number of rotatable bonds is 7. The summed E-state index contributed by atoms with van der Waals surface area (Å²) in [4.78, 5) is 24.9. The summed E-state index contributed by atoms with van der Waals surface area (Å²) in [5, 5.41) is 0. The molecule has 0 saturated carbocycles. The Kier molecular flexibility index (Phi) is 6.90. The lowest BCUT2D eigenvalue weighted by molar-refractivity contribution is -0.135. The Morgan fingerprint density at radius 1 is 1.33 bits per heavy atom. The molecule has 1 amide bonds. The van der Waals surface area contributed by atoms with Crippen molar-refractivity contribution >= 4 is 11.7 Å². The quantitative estimate of drug-likeness (QED) is 0.639. The third-order valence-corrected chi connectivity index (χ3v) is 3.07. The fourth-order valence-corrected chi connectivity index (χ4v) is 1.83. The smallest absolute Gasteiger partial charge is 0.222 e. The number of carbonyl (C=O) groups is 2. The van der Waals surface area contributed by atoms with Crippen LogP contribution < -0.4 is 0 Å². The van der Waals surface area contributed by atoms with Crippen LogP contribution in [-0.4, -0.2) is 55.6 Å². The summed E-state index contributed by atoms with van der Waals surface area (Å²) in [7, 11) is 0. The maximum Gasteiger partial charge on any atom is 0.222 e. The molecule has 5 nitrogen and oxygen atoms in total. The van der Waals surface area contributed by atoms with Crippen LogP contribution in [0.3, 0.4) is 0 Å². The van der Waals surface area contributed by atoms with Crippen molar-refractivity contribution in [1.29, 1.82) is 0 Å². The van der Waals surface area contributed by atoms with Crippen molar-refractivity contribution in [1.82, 2.24) is 4.90 Å². The first-order valence-electron chi connectivity index (χ1n) is 6.65. The maximum absolute atomic E-state index is 11.8. The van der Waals surface area contributed by atoms with Crippen LogP contribution in [0.15, 0.2) is 0 Å². The maximum atomic E-state index is 11.8. The molecule has 0 aromatic rings. The molecular weight excluding hydrogens is 234 g/mol. The van der Waals surface area contributed by atoms with Crippen molar-refractivity contribution in [2.75, 3.05) is 32.9 Å². The largest absolute Gasteiger partial charge is 0.378 e. The Morgan fingerprint density at radius 3 is 2.61 bits per heavy atom. The van der Waals surface area contributed by atoms with E-state index in [4.69, 9.17) is 9.47 Å². The monoisotopic (exact) mass is 257 g/mol. The molecule has 0 aromatic carbocycles. The van der Waals surface area contributed by atoms with Gasteiger partial charge in [0.25, 0.3) is 0 Å². The third-order valence-electron chi connectivity index (χ3n) is 3.07. The Morgan fingerprint density at radius 2 is 2.00 bits per heavy atom. The summed E-state index contributed by atoms with van der Waals surface area (Å²) >= 11 is 0. The first-order valence-corrected chi connectivity index (χ1v) is 6.65. The van der Waals surface area contributed by atoms with Gasteiger partial charge in [0.05, 0.1) is 13.2 Å². The molecule has 5 heteroatoms. The summed E-state index contributed by atoms with van der Waals surface area (Å²) in [5.41, 5.74) is 0. The fourth-order valence-electron chi connectivity index (χ4n) is 1.83. The predicted molar refractivity (Wildman–Crippen MR) is 67.3 cm³/mol. The summed E-state index contributed by atoms with van der Waals surface area (Å²) < 4.78 is 10.6. The molecule has 1 unspecified atom stereocenters. The Hall–Kier alpha value is -0.940. The zero-order valence-corrected chi connectivity index (χ0v) is 11.3. The van der Waals surface area contributed by atoms with Crippen LogP contribution in [0.5, 0.6) is 0 Å². The van der Waals surface area contributed by atoms with Gasteiger partial charge in [0.2, 0.25) is 5.91 Å². The van der Waals surface area contributed by atoms with Crippen LogP contribution in [0, 0.1) is 0 Å². The standard InChI is InChI=1S/C13H23NO4/c1-3-12(15)11(2)18-8-4-5-13(16)14-6-9-17-10-7-14/h11H,3-10H2,1-2H3. The molecule has 1 heterocycles. The van der Waals surface area contributed by atoms with Gasteiger partial charge in [0.1, 0.15) is 6.10 Å². The number of ketones is 1. The Bertz CT molecular complexity index is 274. The number of amides is 1. The van der Waals surface area contributed by atoms with Crippen molar-refractivity contribution in [3.63, 3.8) is 0 Å². The lowest BCUT2D eigenvalue weighted by Crippen LogP contribution is -2.40. The van der Waals surface area contributed by atoms with Gasteiger partial charge in [-0.2, -0.15) is 0 Å². The molecule has 0 aliphatic carbocycles. The van der Waals surface area contributed by atoms with E-state index < -0.39 is 0 Å². The molecule has 0 aromatic heterocycles. The lowest BCUT2D eigenvalue weighted by atomic mass is 10.2. The molecule has 104 valence electrons. The highest BCUT2D eigenvalue weighted by Crippen LogP contribution is 2.04. The fraction of sp³-hybridized carbons (Fsp3) is 0.846. The molecule has 1 saturated heterocycles. The van der Waals surface area contributed by atoms with Crippen LogP contribution in [0.4, 0.5) is 0 Å². The van der Waals surface area contributed by atoms with Crippen LogP contribution in [0.1, 0.15) is 33.1 Å². The van der Waals surface area contributed by atoms with E-state index >= 15 is 0 Å². The van der Waals surface area contributed by atoms with Crippen molar-refractivity contribution in [3.05, 3.63) is 0 Å². The minimum Gasteiger partial charge on any atom is -0.378 e. The number of hydrogen-bond acceptors (Lipinski definition) is 4. The molecule has 1 atom stereocenters. The van der Waals surface area contributed by atoms with E-state index in [9.17, 15) is 9.59 Å². The number of ether oxygens (including phenoxy) is 2. The molecule has 18 heavy (non-hydrogen) atoms. The number of hydrogen-bond donors (Lipinski definition) is 0. The van der Waals surface area contributed by atoms with Crippen LogP contribution in [-0.2, 0) is 19.1 Å². The molecule has 0 bridgehead atoms. The zero-order chi connectivity index (χ0) is 13.4. The zero-order valence-electron chi connectivity index (χ0n) is 11.3. The van der Waals surface area contributed by atoms with Crippen molar-refractivity contribution < 1.29 is 19.1 Å². The van der Waals surface area contributed by atoms with E-state index in [0.29, 0.717) is 52.2 Å². The topological polar surface area (TPSA) is 55.8 Å². The molecule has 0 radical (unpaired) electrons. The van der Waals surface area contributed by atoms with Gasteiger partial charge in [0.15, 0.2) is 5.78 Å². The normalized spacial score (nSPS) is 17.6. The number of Topliss-reactive ketones (excluding diaryl/α,β-unsaturated/α-hetero) is 1. The third kappa shape index (κ3) is 5.14. The van der Waals surface area contributed by atoms with E-state index in [1.54, 1.807) is 6.92 Å². The van der Waals surface area contributed by atoms with E-state index in [1.165, 1.54) is 0 Å². The molecule has 1 aliphatic rings. The minimum absolute atomic E-state index is 0.106. The average molecular weight is 257 g/mol. The van der Waals surface area contributed by atoms with Gasteiger partial charge in [-0.05, 0) is 13.3 Å². The average Bonchev–Trinajstić information content (AvgIpc) is 2.43. The second-order valence-electron chi connectivity index (χ2n) is 4.43. The molecule has 0 N–H and O–H groups in total. The van der Waals surface area contributed by atoms with Crippen LogP contribution in [0.2, 0.25) is 0 Å². The van der Waals surface area contributed by atoms with Gasteiger partial charge in [-0.15, -0.1) is 0 Å². The predicted octanol–water partition coefficient (Wildman–Crippen LogP) is 1.01. The Balaban J connectivity index is 2.10. The van der Waals surface area contributed by atoms with Gasteiger partial charge in [-0.25, -0.2) is 0 Å². The highest BCUT2D eigenvalue weighted by molar-refractivity contribution is 5.82. The summed E-state index contributed by atoms with van der Waals surface area (Å²) in [6.07, 6.45) is 1.28. The van der Waals surface area contributed by atoms with E-state index in [-0.39, 0.29) is 17.8 Å². The summed E-state index contributed by atoms with van der Waals surface area (Å²) in [5.74, 6) is 0.255. The van der Waals surface area contributed by atoms with Crippen molar-refractivity contribution in [2.45, 2.75) is 39.2 Å². The number of morpholine rings is 1. The highest BCUT2D eigenvalue weighted by atomic mass is 16.5. The van der Waals surface area contributed by atoms with E-state index in [0.717, 1.165) is 0 Å². The van der Waals surface area contributed by atoms with Gasteiger partial charge in [-0.3, -0.25) is 9.59 Å². The molecule has 1 fully saturated rings. The van der Waals surface area contributed by atoms with E-state index in [1.807, 2.05) is 11.8 Å². The first-order chi connectivity index (χ1) is 8.65. The number of carbonyl (C=O) groups excluding carboxylic acids is 2. The lowest BCUT2D eigenvalue weighted by Gasteiger charge is -2.26. The first kappa shape index (κ1) is 15.1. The van der Waals surface area contributed by atoms with Gasteiger partial charge in [0, 0.05) is 32.5 Å². The molecule has 1 aliphatic heterocycles. The van der Waals surface area contributed by atoms with Crippen LogP contribution >= 0.6 is 0 Å². The van der Waals surface area contributed by atoms with Gasteiger partial charge < -0.3 is 14.4 Å². The second kappa shape index (κ2) is 8.21. The summed E-state index contributed by atoms with van der Waals surface area (Å²) in [6.45, 7) is 6.67. The van der Waals surface area contributed by atoms with Gasteiger partial charge in [-0.1, -0.05) is 6.92 Å². The minimum atomic E-state index is -0.353. The Labute approximate surface area is 108 Å². The van der Waals surface area contributed by atoms with Crippen molar-refractivity contribution in [2.24, 2.45) is 0 Å². The van der Waals surface area contributed by atoms with Crippen molar-refractivity contribution in [3.8, 4) is 0 Å². The van der Waals surface area contributed by atoms with E-state index in [2.05, 4.69) is 0 Å². The van der Waals surface area contributed by atoms with Gasteiger partial charge >= 0.3 is 0 Å². The SMILES string of the molecule is CCC(=O)C(C)OCCCC(=O)N1CCOCC1. The molecule has 1 rings (SSSR count). The highest BCUT2D eigenvalue weighted by Gasteiger charge is 2.16. The number of nitrogens with zero attached hydrogens (tertiary/aromatic N) is 1. The van der Waals surface area contributed by atoms with Crippen LogP contribution in [0.25, 0.3) is 0 Å². The second-order valence-corrected chi connectivity index (χ2v) is 4.43.